The van der Waals surface area contributed by atoms with Crippen LogP contribution in [0.25, 0.3) is 0 Å². The zero-order chi connectivity index (χ0) is 23.0. The summed E-state index contributed by atoms with van der Waals surface area (Å²) in [5.74, 6) is -3.14. The molecule has 3 atom stereocenters. The van der Waals surface area contributed by atoms with Gasteiger partial charge < -0.3 is 0 Å². The van der Waals surface area contributed by atoms with E-state index in [4.69, 9.17) is 23.2 Å². The van der Waals surface area contributed by atoms with Crippen molar-refractivity contribution in [3.05, 3.63) is 81.9 Å². The normalized spacial score (nSPS) is 20.8. The highest BCUT2D eigenvalue weighted by Crippen LogP contribution is 2.37. The molecule has 0 aromatic heterocycles. The van der Waals surface area contributed by atoms with Crippen molar-refractivity contribution in [1.29, 1.82) is 0 Å². The van der Waals surface area contributed by atoms with Gasteiger partial charge in [0.05, 0.1) is 21.9 Å². The fourth-order valence-corrected chi connectivity index (χ4v) is 4.45. The van der Waals surface area contributed by atoms with Crippen LogP contribution in [0.5, 0.6) is 0 Å². The first-order valence-electron chi connectivity index (χ1n) is 10.2. The summed E-state index contributed by atoms with van der Waals surface area (Å²) in [4.78, 5) is 53.3. The van der Waals surface area contributed by atoms with E-state index in [0.717, 1.165) is 10.0 Å². The van der Waals surface area contributed by atoms with Gasteiger partial charge in [-0.1, -0.05) is 65.7 Å². The number of imide groups is 1. The Morgan fingerprint density at radius 3 is 2.06 bits per heavy atom. The van der Waals surface area contributed by atoms with Crippen LogP contribution in [0.2, 0.25) is 10.0 Å². The van der Waals surface area contributed by atoms with Crippen LogP contribution in [0.15, 0.2) is 60.7 Å². The van der Waals surface area contributed by atoms with Crippen LogP contribution >= 0.6 is 23.2 Å². The van der Waals surface area contributed by atoms with Gasteiger partial charge in [-0.3, -0.25) is 19.2 Å². The highest BCUT2D eigenvalue weighted by Gasteiger charge is 2.52. The molecular weight excluding hydrogens is 451 g/mol. The first-order chi connectivity index (χ1) is 15.3. The van der Waals surface area contributed by atoms with Gasteiger partial charge in [-0.15, -0.1) is 0 Å². The highest BCUT2D eigenvalue weighted by atomic mass is 35.5. The van der Waals surface area contributed by atoms with Crippen LogP contribution in [-0.4, -0.2) is 39.6 Å². The molecule has 1 aliphatic carbocycles. The monoisotopic (exact) mass is 470 g/mol. The largest absolute Gasteiger partial charge is 0.292 e. The standard InChI is InChI=1S/C24H20Cl2N2O4/c1-14(21(29)15-7-3-2-4-8-15)27(22(30)16-11-12-19(25)20(26)13-16)28-23(31)17-9-5-6-10-18(17)24(28)32/h2-8,11-14,17-18H,9-10H2,1H3/t14-,17-,18+/m1/s1. The number of hydrazine groups is 1. The molecule has 2 aromatic rings. The van der Waals surface area contributed by atoms with Crippen molar-refractivity contribution in [1.82, 2.24) is 10.0 Å². The van der Waals surface area contributed by atoms with Gasteiger partial charge in [0, 0.05) is 11.1 Å². The van der Waals surface area contributed by atoms with Crippen LogP contribution in [0.3, 0.4) is 0 Å². The van der Waals surface area contributed by atoms with Crippen molar-refractivity contribution < 1.29 is 19.2 Å². The molecule has 0 bridgehead atoms. The Bertz CT molecular complexity index is 1110. The third-order valence-corrected chi connectivity index (χ3v) is 6.62. The molecule has 0 N–H and O–H groups in total. The van der Waals surface area contributed by atoms with Crippen LogP contribution < -0.4 is 0 Å². The first-order valence-corrected chi connectivity index (χ1v) is 11.0. The zero-order valence-electron chi connectivity index (χ0n) is 17.2. The summed E-state index contributed by atoms with van der Waals surface area (Å²) in [5, 5.41) is 2.24. The molecule has 4 rings (SSSR count). The van der Waals surface area contributed by atoms with E-state index >= 15 is 0 Å². The predicted octanol–water partition coefficient (Wildman–Crippen LogP) is 4.57. The van der Waals surface area contributed by atoms with E-state index in [1.807, 2.05) is 12.2 Å². The molecule has 0 spiro atoms. The highest BCUT2D eigenvalue weighted by molar-refractivity contribution is 6.42. The van der Waals surface area contributed by atoms with Crippen molar-refractivity contribution in [2.24, 2.45) is 11.8 Å². The number of benzene rings is 2. The van der Waals surface area contributed by atoms with Crippen LogP contribution in [-0.2, 0) is 9.59 Å². The van der Waals surface area contributed by atoms with E-state index in [-0.39, 0.29) is 15.6 Å². The topological polar surface area (TPSA) is 74.8 Å². The molecule has 2 aromatic carbocycles. The third kappa shape index (κ3) is 3.85. The van der Waals surface area contributed by atoms with Gasteiger partial charge in [-0.05, 0) is 38.0 Å². The third-order valence-electron chi connectivity index (χ3n) is 5.88. The number of fused-ring (bicyclic) bond motifs is 1. The number of Topliss-reactive ketones (excluding diaryl/α,β-unsaturated/α-hetero) is 1. The molecule has 1 aliphatic heterocycles. The molecule has 1 heterocycles. The Labute approximate surface area is 195 Å². The first kappa shape index (κ1) is 22.2. The second-order valence-corrected chi connectivity index (χ2v) is 8.64. The van der Waals surface area contributed by atoms with Crippen molar-refractivity contribution >= 4 is 46.7 Å². The van der Waals surface area contributed by atoms with E-state index in [2.05, 4.69) is 0 Å². The number of halogens is 2. The molecule has 0 radical (unpaired) electrons. The SMILES string of the molecule is C[C@H](C(=O)c1ccccc1)N(C(=O)c1ccc(Cl)c(Cl)c1)N1C(=O)[C@H]2CC=CC[C@H]2C1=O. The summed E-state index contributed by atoms with van der Waals surface area (Å²) in [6.07, 6.45) is 4.56. The fraction of sp³-hybridized carbons (Fsp3) is 0.250. The molecule has 2 aliphatic rings. The summed E-state index contributed by atoms with van der Waals surface area (Å²) in [6.45, 7) is 1.51. The summed E-state index contributed by atoms with van der Waals surface area (Å²) in [6, 6.07) is 11.6. The Morgan fingerprint density at radius 1 is 0.906 bits per heavy atom. The van der Waals surface area contributed by atoms with Gasteiger partial charge in [-0.2, -0.15) is 5.01 Å². The van der Waals surface area contributed by atoms with Gasteiger partial charge >= 0.3 is 0 Å². The molecule has 1 saturated heterocycles. The van der Waals surface area contributed by atoms with E-state index in [1.165, 1.54) is 25.1 Å². The van der Waals surface area contributed by atoms with E-state index in [0.29, 0.717) is 18.4 Å². The number of allylic oxidation sites excluding steroid dienone is 2. The van der Waals surface area contributed by atoms with Crippen LogP contribution in [0, 0.1) is 11.8 Å². The second-order valence-electron chi connectivity index (χ2n) is 7.83. The Balaban J connectivity index is 1.77. The molecule has 3 amide bonds. The van der Waals surface area contributed by atoms with Crippen molar-refractivity contribution in [3.8, 4) is 0 Å². The maximum Gasteiger partial charge on any atom is 0.273 e. The average molecular weight is 471 g/mol. The minimum atomic E-state index is -1.11. The molecule has 32 heavy (non-hydrogen) atoms. The van der Waals surface area contributed by atoms with Gasteiger partial charge in [0.25, 0.3) is 17.7 Å². The number of hydrogen-bond donors (Lipinski definition) is 0. The van der Waals surface area contributed by atoms with E-state index in [9.17, 15) is 19.2 Å². The Hall–Kier alpha value is -2.96. The maximum absolute atomic E-state index is 13.6. The summed E-state index contributed by atoms with van der Waals surface area (Å²) >= 11 is 12.1. The van der Waals surface area contributed by atoms with Crippen LogP contribution in [0.1, 0.15) is 40.5 Å². The zero-order valence-corrected chi connectivity index (χ0v) is 18.7. The maximum atomic E-state index is 13.6. The van der Waals surface area contributed by atoms with Crippen molar-refractivity contribution in [2.75, 3.05) is 0 Å². The lowest BCUT2D eigenvalue weighted by Gasteiger charge is -2.34. The molecule has 0 saturated carbocycles. The molecule has 1 fully saturated rings. The van der Waals surface area contributed by atoms with Gasteiger partial charge in [0.2, 0.25) is 0 Å². The van der Waals surface area contributed by atoms with Gasteiger partial charge in [0.1, 0.15) is 6.04 Å². The number of carbonyl (C=O) groups is 4. The van der Waals surface area contributed by atoms with Crippen LogP contribution in [0.4, 0.5) is 0 Å². The van der Waals surface area contributed by atoms with Gasteiger partial charge in [-0.25, -0.2) is 5.01 Å². The summed E-state index contributed by atoms with van der Waals surface area (Å²) < 4.78 is 0. The van der Waals surface area contributed by atoms with Crippen molar-refractivity contribution in [3.63, 3.8) is 0 Å². The average Bonchev–Trinajstić information content (AvgIpc) is 3.06. The molecule has 0 unspecified atom stereocenters. The lowest BCUT2D eigenvalue weighted by atomic mass is 9.85. The number of rotatable bonds is 5. The molecule has 6 nitrogen and oxygen atoms in total. The molecular formula is C24H20Cl2N2O4. The molecule has 164 valence electrons. The van der Waals surface area contributed by atoms with E-state index in [1.54, 1.807) is 30.3 Å². The Morgan fingerprint density at radius 2 is 1.50 bits per heavy atom. The summed E-state index contributed by atoms with van der Waals surface area (Å²) in [5.41, 5.74) is 0.478. The lowest BCUT2D eigenvalue weighted by molar-refractivity contribution is -0.156. The molecule has 8 heteroatoms. The second kappa shape index (κ2) is 8.88. The minimum Gasteiger partial charge on any atom is -0.292 e. The number of ketones is 1. The smallest absolute Gasteiger partial charge is 0.273 e. The summed E-state index contributed by atoms with van der Waals surface area (Å²) in [7, 11) is 0. The van der Waals surface area contributed by atoms with Gasteiger partial charge in [0.15, 0.2) is 5.78 Å². The quantitative estimate of drug-likeness (QED) is 0.364. The van der Waals surface area contributed by atoms with Crippen molar-refractivity contribution in [2.45, 2.75) is 25.8 Å². The lowest BCUT2D eigenvalue weighted by Crippen LogP contribution is -2.56. The number of carbonyl (C=O) groups excluding carboxylic acids is 4. The number of nitrogens with zero attached hydrogens (tertiary/aromatic N) is 2. The fourth-order valence-electron chi connectivity index (χ4n) is 4.15. The predicted molar refractivity (Wildman–Crippen MR) is 120 cm³/mol. The number of hydrogen-bond acceptors (Lipinski definition) is 4. The minimum absolute atomic E-state index is 0.112. The Kier molecular flexibility index (Phi) is 6.17. The number of amides is 3. The van der Waals surface area contributed by atoms with E-state index < -0.39 is 41.4 Å².